The van der Waals surface area contributed by atoms with E-state index in [1.807, 2.05) is 47.8 Å². The van der Waals surface area contributed by atoms with Crippen LogP contribution >= 0.6 is 11.3 Å². The van der Waals surface area contributed by atoms with Crippen LogP contribution in [0.3, 0.4) is 0 Å². The van der Waals surface area contributed by atoms with Crippen LogP contribution in [0.1, 0.15) is 11.3 Å². The summed E-state index contributed by atoms with van der Waals surface area (Å²) in [6, 6.07) is 12.6. The highest BCUT2D eigenvalue weighted by Gasteiger charge is 2.38. The summed E-state index contributed by atoms with van der Waals surface area (Å²) in [6.07, 6.45) is 2.29. The second-order valence-electron chi connectivity index (χ2n) is 6.17. The number of aromatic nitrogens is 2. The first-order valence-corrected chi connectivity index (χ1v) is 9.39. The lowest BCUT2D eigenvalue weighted by molar-refractivity contribution is -0.143. The number of thiazole rings is 1. The van der Waals surface area contributed by atoms with Gasteiger partial charge in [0.05, 0.1) is 24.9 Å². The Morgan fingerprint density at radius 3 is 2.81 bits per heavy atom. The number of anilines is 1. The van der Waals surface area contributed by atoms with Gasteiger partial charge >= 0.3 is 5.97 Å². The van der Waals surface area contributed by atoms with Crippen molar-refractivity contribution >= 4 is 28.9 Å². The van der Waals surface area contributed by atoms with Crippen LogP contribution in [-0.4, -0.2) is 35.0 Å². The van der Waals surface area contributed by atoms with Crippen molar-refractivity contribution in [2.75, 3.05) is 12.0 Å². The Balaban J connectivity index is 1.58. The van der Waals surface area contributed by atoms with Crippen LogP contribution in [0.2, 0.25) is 0 Å². The van der Waals surface area contributed by atoms with Crippen molar-refractivity contribution in [2.24, 2.45) is 0 Å². The maximum atomic E-state index is 13.0. The maximum absolute atomic E-state index is 13.0. The molecular weight excluding hydrogens is 362 g/mol. The van der Waals surface area contributed by atoms with Gasteiger partial charge in [-0.15, -0.1) is 11.3 Å². The van der Waals surface area contributed by atoms with Crippen molar-refractivity contribution in [1.82, 2.24) is 9.97 Å². The zero-order valence-corrected chi connectivity index (χ0v) is 15.5. The minimum atomic E-state index is -0.631. The first kappa shape index (κ1) is 17.4. The number of pyridine rings is 1. The standard InChI is InChI=1S/C20H17N3O3S/c1-26-20(25)17-10-13-6-2-3-8-16(13)23(17)18(24)11-14-12-27-19(22-14)15-7-4-5-9-21-15/h2-9,12,17H,10-11H2,1H3. The molecule has 0 aliphatic carbocycles. The molecule has 0 spiro atoms. The Morgan fingerprint density at radius 1 is 1.22 bits per heavy atom. The summed E-state index contributed by atoms with van der Waals surface area (Å²) in [6.45, 7) is 0. The van der Waals surface area contributed by atoms with E-state index in [0.29, 0.717) is 12.1 Å². The highest BCUT2D eigenvalue weighted by atomic mass is 32.1. The fourth-order valence-electron chi connectivity index (χ4n) is 3.25. The van der Waals surface area contributed by atoms with Crippen molar-refractivity contribution in [3.63, 3.8) is 0 Å². The Labute approximate surface area is 160 Å². The topological polar surface area (TPSA) is 72.4 Å². The van der Waals surface area contributed by atoms with Crippen molar-refractivity contribution in [1.29, 1.82) is 0 Å². The lowest BCUT2D eigenvalue weighted by atomic mass is 10.1. The molecule has 0 radical (unpaired) electrons. The summed E-state index contributed by atoms with van der Waals surface area (Å²) in [5.41, 5.74) is 3.17. The number of hydrogen-bond donors (Lipinski definition) is 0. The molecule has 1 aromatic carbocycles. The molecule has 1 atom stereocenters. The van der Waals surface area contributed by atoms with Gasteiger partial charge < -0.3 is 4.74 Å². The van der Waals surface area contributed by atoms with E-state index in [2.05, 4.69) is 9.97 Å². The molecule has 4 rings (SSSR count). The number of amides is 1. The van der Waals surface area contributed by atoms with Crippen LogP contribution in [0, 0.1) is 0 Å². The van der Waals surface area contributed by atoms with Gasteiger partial charge in [-0.25, -0.2) is 9.78 Å². The summed E-state index contributed by atoms with van der Waals surface area (Å²) < 4.78 is 4.90. The van der Waals surface area contributed by atoms with Crippen LogP contribution in [0.15, 0.2) is 54.0 Å². The molecule has 1 amide bonds. The molecule has 27 heavy (non-hydrogen) atoms. The maximum Gasteiger partial charge on any atom is 0.329 e. The number of para-hydroxylation sites is 1. The largest absolute Gasteiger partial charge is 0.467 e. The van der Waals surface area contributed by atoms with Gasteiger partial charge in [0.15, 0.2) is 0 Å². The van der Waals surface area contributed by atoms with E-state index in [0.717, 1.165) is 22.0 Å². The monoisotopic (exact) mass is 379 g/mol. The molecule has 0 saturated heterocycles. The van der Waals surface area contributed by atoms with E-state index >= 15 is 0 Å². The van der Waals surface area contributed by atoms with E-state index in [1.165, 1.54) is 18.4 Å². The third-order valence-electron chi connectivity index (χ3n) is 4.49. The molecule has 0 bridgehead atoms. The van der Waals surface area contributed by atoms with Gasteiger partial charge in [0.25, 0.3) is 0 Å². The van der Waals surface area contributed by atoms with Crippen molar-refractivity contribution in [3.8, 4) is 10.7 Å². The van der Waals surface area contributed by atoms with Crippen LogP contribution in [0.4, 0.5) is 5.69 Å². The van der Waals surface area contributed by atoms with Crippen molar-refractivity contribution in [2.45, 2.75) is 18.9 Å². The molecule has 0 saturated carbocycles. The van der Waals surface area contributed by atoms with Gasteiger partial charge in [0, 0.05) is 23.7 Å². The summed E-state index contributed by atoms with van der Waals surface area (Å²) in [4.78, 5) is 35.6. The van der Waals surface area contributed by atoms with E-state index in [1.54, 1.807) is 11.1 Å². The van der Waals surface area contributed by atoms with Crippen LogP contribution in [-0.2, 0) is 27.2 Å². The average Bonchev–Trinajstić information content (AvgIpc) is 3.32. The molecular formula is C20H17N3O3S. The average molecular weight is 379 g/mol. The Hall–Kier alpha value is -3.06. The Bertz CT molecular complexity index is 987. The molecule has 6 nitrogen and oxygen atoms in total. The summed E-state index contributed by atoms with van der Waals surface area (Å²) in [5, 5.41) is 2.63. The van der Waals surface area contributed by atoms with Gasteiger partial charge in [-0.1, -0.05) is 24.3 Å². The fourth-order valence-corrected chi connectivity index (χ4v) is 4.05. The zero-order valence-electron chi connectivity index (χ0n) is 14.7. The molecule has 0 fully saturated rings. The predicted molar refractivity (Wildman–Crippen MR) is 102 cm³/mol. The molecule has 0 N–H and O–H groups in total. The van der Waals surface area contributed by atoms with E-state index < -0.39 is 12.0 Å². The molecule has 2 aromatic heterocycles. The number of ether oxygens (including phenoxy) is 1. The van der Waals surface area contributed by atoms with E-state index in [4.69, 9.17) is 4.74 Å². The first-order valence-electron chi connectivity index (χ1n) is 8.51. The molecule has 3 heterocycles. The summed E-state index contributed by atoms with van der Waals surface area (Å²) in [5.74, 6) is -0.583. The van der Waals surface area contributed by atoms with Gasteiger partial charge in [-0.05, 0) is 23.8 Å². The van der Waals surface area contributed by atoms with Crippen molar-refractivity contribution < 1.29 is 14.3 Å². The molecule has 1 aliphatic rings. The van der Waals surface area contributed by atoms with Crippen LogP contribution < -0.4 is 4.90 Å². The first-order chi connectivity index (χ1) is 13.2. The van der Waals surface area contributed by atoms with Crippen LogP contribution in [0.5, 0.6) is 0 Å². The lowest BCUT2D eigenvalue weighted by Gasteiger charge is -2.23. The highest BCUT2D eigenvalue weighted by Crippen LogP contribution is 2.33. The lowest BCUT2D eigenvalue weighted by Crippen LogP contribution is -2.44. The van der Waals surface area contributed by atoms with Gasteiger partial charge in [0.1, 0.15) is 11.0 Å². The number of benzene rings is 1. The van der Waals surface area contributed by atoms with Crippen molar-refractivity contribution in [3.05, 3.63) is 65.3 Å². The number of nitrogens with zero attached hydrogens (tertiary/aromatic N) is 3. The number of hydrogen-bond acceptors (Lipinski definition) is 6. The summed E-state index contributed by atoms with van der Waals surface area (Å²) in [7, 11) is 1.34. The second kappa shape index (κ2) is 7.28. The number of rotatable bonds is 4. The van der Waals surface area contributed by atoms with Gasteiger partial charge in [-0.3, -0.25) is 14.7 Å². The smallest absolute Gasteiger partial charge is 0.329 e. The number of fused-ring (bicyclic) bond motifs is 1. The Morgan fingerprint density at radius 2 is 2.04 bits per heavy atom. The number of esters is 1. The molecule has 7 heteroatoms. The van der Waals surface area contributed by atoms with Crippen LogP contribution in [0.25, 0.3) is 10.7 Å². The molecule has 3 aromatic rings. The van der Waals surface area contributed by atoms with Gasteiger partial charge in [0.2, 0.25) is 5.91 Å². The van der Waals surface area contributed by atoms with E-state index in [9.17, 15) is 9.59 Å². The number of carbonyl (C=O) groups is 2. The molecule has 1 aliphatic heterocycles. The number of methoxy groups -OCH3 is 1. The molecule has 1 unspecified atom stereocenters. The van der Waals surface area contributed by atoms with Gasteiger partial charge in [-0.2, -0.15) is 0 Å². The third-order valence-corrected chi connectivity index (χ3v) is 5.40. The fraction of sp³-hybridized carbons (Fsp3) is 0.200. The normalized spacial score (nSPS) is 15.4. The minimum absolute atomic E-state index is 0.116. The predicted octanol–water partition coefficient (Wildman–Crippen LogP) is 2.88. The minimum Gasteiger partial charge on any atom is -0.467 e. The Kier molecular flexibility index (Phi) is 4.68. The van der Waals surface area contributed by atoms with E-state index in [-0.39, 0.29) is 12.3 Å². The quantitative estimate of drug-likeness (QED) is 0.652. The third kappa shape index (κ3) is 3.33. The zero-order chi connectivity index (χ0) is 18.8. The second-order valence-corrected chi connectivity index (χ2v) is 7.03. The SMILES string of the molecule is COC(=O)C1Cc2ccccc2N1C(=O)Cc1csc(-c2ccccn2)n1. The highest BCUT2D eigenvalue weighted by molar-refractivity contribution is 7.13. The number of carbonyl (C=O) groups excluding carboxylic acids is 2. The molecule has 136 valence electrons. The summed E-state index contributed by atoms with van der Waals surface area (Å²) >= 11 is 1.45.